The monoisotopic (exact) mass is 326 g/mol. The van der Waals surface area contributed by atoms with Gasteiger partial charge in [-0.25, -0.2) is 0 Å². The highest BCUT2D eigenvalue weighted by molar-refractivity contribution is 5.76. The lowest BCUT2D eigenvalue weighted by Gasteiger charge is -2.52. The largest absolute Gasteiger partial charge is 0.339 e. The fourth-order valence-corrected chi connectivity index (χ4v) is 5.18. The average Bonchev–Trinajstić information content (AvgIpc) is 2.64. The smallest absolute Gasteiger partial charge is 0.222 e. The van der Waals surface area contributed by atoms with Gasteiger partial charge in [-0.3, -0.25) is 9.69 Å². The molecule has 0 spiro atoms. The van der Waals surface area contributed by atoms with Crippen LogP contribution in [0.3, 0.4) is 0 Å². The molecule has 3 unspecified atom stereocenters. The van der Waals surface area contributed by atoms with Crippen LogP contribution in [0.5, 0.6) is 0 Å². The number of nitrogens with zero attached hydrogens (tertiary/aromatic N) is 2. The SMILES string of the molecule is CCCCC(=O)N1CCCC2CN3CCc4ccccc4C3CC21. The molecule has 0 N–H and O–H groups in total. The third-order valence-electron chi connectivity index (χ3n) is 6.44. The number of piperidine rings is 2. The molecule has 0 bridgehead atoms. The molecule has 2 saturated heterocycles. The molecular weight excluding hydrogens is 296 g/mol. The minimum Gasteiger partial charge on any atom is -0.339 e. The number of fused-ring (bicyclic) bond motifs is 4. The number of rotatable bonds is 3. The van der Waals surface area contributed by atoms with E-state index in [1.807, 2.05) is 0 Å². The van der Waals surface area contributed by atoms with Gasteiger partial charge in [-0.15, -0.1) is 0 Å². The van der Waals surface area contributed by atoms with Crippen LogP contribution >= 0.6 is 0 Å². The van der Waals surface area contributed by atoms with E-state index in [2.05, 4.69) is 41.0 Å². The molecule has 24 heavy (non-hydrogen) atoms. The second-order valence-corrected chi connectivity index (χ2v) is 7.86. The zero-order chi connectivity index (χ0) is 16.5. The van der Waals surface area contributed by atoms with Crippen LogP contribution < -0.4 is 0 Å². The molecule has 1 amide bonds. The van der Waals surface area contributed by atoms with Crippen molar-refractivity contribution in [1.82, 2.24) is 9.80 Å². The molecule has 1 aromatic rings. The van der Waals surface area contributed by atoms with E-state index in [9.17, 15) is 4.79 Å². The zero-order valence-electron chi connectivity index (χ0n) is 14.9. The lowest BCUT2D eigenvalue weighted by atomic mass is 9.76. The minimum atomic E-state index is 0.407. The third-order valence-corrected chi connectivity index (χ3v) is 6.44. The first-order valence-electron chi connectivity index (χ1n) is 9.89. The average molecular weight is 326 g/mol. The number of amides is 1. The molecule has 3 aliphatic rings. The number of likely N-dealkylation sites (tertiary alicyclic amines) is 1. The molecular formula is C21H30N2O. The first-order valence-corrected chi connectivity index (χ1v) is 9.89. The van der Waals surface area contributed by atoms with Gasteiger partial charge in [0.15, 0.2) is 0 Å². The van der Waals surface area contributed by atoms with Crippen molar-refractivity contribution >= 4 is 5.91 Å². The highest BCUT2D eigenvalue weighted by Gasteiger charge is 2.43. The molecule has 0 aliphatic carbocycles. The van der Waals surface area contributed by atoms with Gasteiger partial charge >= 0.3 is 0 Å². The van der Waals surface area contributed by atoms with Gasteiger partial charge in [0.2, 0.25) is 5.91 Å². The van der Waals surface area contributed by atoms with Crippen LogP contribution in [0.1, 0.15) is 62.6 Å². The summed E-state index contributed by atoms with van der Waals surface area (Å²) in [5.41, 5.74) is 3.05. The molecule has 0 radical (unpaired) electrons. The lowest BCUT2D eigenvalue weighted by Crippen LogP contribution is -2.57. The van der Waals surface area contributed by atoms with Gasteiger partial charge in [0.1, 0.15) is 0 Å². The summed E-state index contributed by atoms with van der Waals surface area (Å²) in [4.78, 5) is 17.7. The standard InChI is InChI=1S/C21H30N2O/c1-2-3-10-21(24)23-12-6-8-17-15-22-13-11-16-7-4-5-9-18(16)20(22)14-19(17)23/h4-5,7,9,17,19-20H,2-3,6,8,10-15H2,1H3. The minimum absolute atomic E-state index is 0.407. The molecule has 1 aromatic carbocycles. The van der Waals surface area contributed by atoms with Gasteiger partial charge in [-0.1, -0.05) is 37.6 Å². The van der Waals surface area contributed by atoms with Crippen molar-refractivity contribution in [3.63, 3.8) is 0 Å². The Morgan fingerprint density at radius 3 is 3.00 bits per heavy atom. The van der Waals surface area contributed by atoms with Gasteiger partial charge in [-0.05, 0) is 49.1 Å². The summed E-state index contributed by atoms with van der Waals surface area (Å²) in [6, 6.07) is 9.95. The predicted octanol–water partition coefficient (Wildman–Crippen LogP) is 3.79. The maximum absolute atomic E-state index is 12.7. The number of carbonyl (C=O) groups excluding carboxylic acids is 1. The topological polar surface area (TPSA) is 23.6 Å². The summed E-state index contributed by atoms with van der Waals surface area (Å²) >= 11 is 0. The van der Waals surface area contributed by atoms with Crippen LogP contribution in [-0.2, 0) is 11.2 Å². The Balaban J connectivity index is 1.56. The Kier molecular flexibility index (Phi) is 4.62. The Morgan fingerprint density at radius 1 is 1.25 bits per heavy atom. The highest BCUT2D eigenvalue weighted by atomic mass is 16.2. The van der Waals surface area contributed by atoms with E-state index in [1.54, 1.807) is 0 Å². The van der Waals surface area contributed by atoms with Crippen molar-refractivity contribution in [3.8, 4) is 0 Å². The van der Waals surface area contributed by atoms with E-state index in [0.717, 1.165) is 32.2 Å². The van der Waals surface area contributed by atoms with Crippen LogP contribution in [0.25, 0.3) is 0 Å². The Labute approximate surface area is 146 Å². The van der Waals surface area contributed by atoms with E-state index >= 15 is 0 Å². The Bertz CT molecular complexity index is 599. The molecule has 3 heteroatoms. The van der Waals surface area contributed by atoms with Crippen molar-refractivity contribution in [2.75, 3.05) is 19.6 Å². The first kappa shape index (κ1) is 16.1. The van der Waals surface area contributed by atoms with Crippen LogP contribution in [0.2, 0.25) is 0 Å². The van der Waals surface area contributed by atoms with Crippen LogP contribution in [-0.4, -0.2) is 41.4 Å². The number of unbranched alkanes of at least 4 members (excludes halogenated alkanes) is 1. The van der Waals surface area contributed by atoms with Crippen molar-refractivity contribution in [2.24, 2.45) is 5.92 Å². The number of hydrogen-bond donors (Lipinski definition) is 0. The molecule has 130 valence electrons. The van der Waals surface area contributed by atoms with Crippen LogP contribution in [0, 0.1) is 5.92 Å². The van der Waals surface area contributed by atoms with Crippen molar-refractivity contribution in [3.05, 3.63) is 35.4 Å². The second-order valence-electron chi connectivity index (χ2n) is 7.86. The van der Waals surface area contributed by atoms with Crippen LogP contribution in [0.4, 0.5) is 0 Å². The van der Waals surface area contributed by atoms with Gasteiger partial charge in [-0.2, -0.15) is 0 Å². The lowest BCUT2D eigenvalue weighted by molar-refractivity contribution is -0.139. The molecule has 2 fully saturated rings. The van der Waals surface area contributed by atoms with Crippen molar-refractivity contribution in [1.29, 1.82) is 0 Å². The summed E-state index contributed by atoms with van der Waals surface area (Å²) in [5, 5.41) is 0. The number of hydrogen-bond acceptors (Lipinski definition) is 2. The van der Waals surface area contributed by atoms with Crippen molar-refractivity contribution in [2.45, 2.75) is 64.0 Å². The predicted molar refractivity (Wildman–Crippen MR) is 96.8 cm³/mol. The fourth-order valence-electron chi connectivity index (χ4n) is 5.18. The molecule has 4 rings (SSSR count). The quantitative estimate of drug-likeness (QED) is 0.844. The highest BCUT2D eigenvalue weighted by Crippen LogP contribution is 2.42. The summed E-state index contributed by atoms with van der Waals surface area (Å²) in [7, 11) is 0. The number of benzene rings is 1. The molecule has 3 heterocycles. The van der Waals surface area contributed by atoms with E-state index in [0.29, 0.717) is 23.9 Å². The molecule has 0 aromatic heterocycles. The molecule has 0 saturated carbocycles. The summed E-state index contributed by atoms with van der Waals surface area (Å²) in [6.07, 6.45) is 7.69. The summed E-state index contributed by atoms with van der Waals surface area (Å²) in [6.45, 7) is 5.53. The van der Waals surface area contributed by atoms with E-state index in [4.69, 9.17) is 0 Å². The third kappa shape index (κ3) is 2.88. The van der Waals surface area contributed by atoms with E-state index < -0.39 is 0 Å². The molecule has 3 aliphatic heterocycles. The van der Waals surface area contributed by atoms with E-state index in [-0.39, 0.29) is 0 Å². The van der Waals surface area contributed by atoms with Gasteiger partial charge in [0, 0.05) is 38.1 Å². The molecule has 3 atom stereocenters. The zero-order valence-corrected chi connectivity index (χ0v) is 14.9. The van der Waals surface area contributed by atoms with Crippen molar-refractivity contribution < 1.29 is 4.79 Å². The Morgan fingerprint density at radius 2 is 2.12 bits per heavy atom. The van der Waals surface area contributed by atoms with Gasteiger partial charge < -0.3 is 4.90 Å². The molecule has 3 nitrogen and oxygen atoms in total. The Hall–Kier alpha value is -1.35. The normalized spacial score (nSPS) is 29.5. The maximum Gasteiger partial charge on any atom is 0.222 e. The summed E-state index contributed by atoms with van der Waals surface area (Å²) in [5.74, 6) is 1.09. The summed E-state index contributed by atoms with van der Waals surface area (Å²) < 4.78 is 0. The van der Waals surface area contributed by atoms with Gasteiger partial charge in [0.05, 0.1) is 0 Å². The van der Waals surface area contributed by atoms with Crippen LogP contribution in [0.15, 0.2) is 24.3 Å². The number of carbonyl (C=O) groups is 1. The second kappa shape index (κ2) is 6.87. The maximum atomic E-state index is 12.7. The van der Waals surface area contributed by atoms with Gasteiger partial charge in [0.25, 0.3) is 0 Å². The fraction of sp³-hybridized carbons (Fsp3) is 0.667. The first-order chi connectivity index (χ1) is 11.8. The van der Waals surface area contributed by atoms with E-state index in [1.165, 1.54) is 43.5 Å².